The summed E-state index contributed by atoms with van der Waals surface area (Å²) in [6.45, 7) is 3.77. The number of ether oxygens (including phenoxy) is 1. The fraction of sp³-hybridized carbons (Fsp3) is 0.292. The third-order valence-corrected chi connectivity index (χ3v) is 6.76. The second-order valence-electron chi connectivity index (χ2n) is 7.69. The molecule has 3 rings (SSSR count). The van der Waals surface area contributed by atoms with E-state index in [0.717, 1.165) is 28.0 Å². The van der Waals surface area contributed by atoms with Crippen LogP contribution in [0.3, 0.4) is 0 Å². The number of thioether (sulfide) groups is 1. The minimum Gasteiger partial charge on any atom is -0.497 e. The first-order chi connectivity index (χ1) is 16.7. The Kier molecular flexibility index (Phi) is 8.32. The zero-order chi connectivity index (χ0) is 25.7. The molecule has 1 aliphatic heterocycles. The van der Waals surface area contributed by atoms with E-state index >= 15 is 0 Å². The average molecular weight is 513 g/mol. The molecule has 35 heavy (non-hydrogen) atoms. The van der Waals surface area contributed by atoms with Crippen molar-refractivity contribution in [1.29, 1.82) is 5.26 Å². The highest BCUT2D eigenvalue weighted by Crippen LogP contribution is 2.35. The third-order valence-electron chi connectivity index (χ3n) is 5.38. The quantitative estimate of drug-likeness (QED) is 0.384. The third kappa shape index (κ3) is 5.55. The highest BCUT2D eigenvalue weighted by atomic mass is 32.2. The number of carbonyl (C=O) groups excluding carboxylic acids is 1. The number of nitrogens with zero attached hydrogens (tertiary/aromatic N) is 3. The molecule has 1 saturated heterocycles. The topological polar surface area (TPSA) is 125 Å². The van der Waals surface area contributed by atoms with Gasteiger partial charge in [0.1, 0.15) is 34.1 Å². The summed E-state index contributed by atoms with van der Waals surface area (Å²) >= 11 is 6.18. The van der Waals surface area contributed by atoms with Crippen molar-refractivity contribution in [2.24, 2.45) is 0 Å². The normalized spacial score (nSPS) is 14.3. The van der Waals surface area contributed by atoms with Crippen LogP contribution in [0.25, 0.3) is 6.08 Å². The smallest absolute Gasteiger partial charge is 0.323 e. The summed E-state index contributed by atoms with van der Waals surface area (Å²) in [5, 5.41) is 22.1. The van der Waals surface area contributed by atoms with Crippen molar-refractivity contribution in [3.63, 3.8) is 0 Å². The summed E-state index contributed by atoms with van der Waals surface area (Å²) in [5.41, 5.74) is 1.42. The van der Waals surface area contributed by atoms with E-state index in [0.29, 0.717) is 36.5 Å². The number of anilines is 1. The van der Waals surface area contributed by atoms with E-state index in [9.17, 15) is 19.6 Å². The standard InChI is InChI=1S/C24H24N4O5S2/c1-4-9-27-21(26-12-15-5-7-16(33-3)8-6-15)17(14(2)18(11-25)22(27)31)10-19-23(32)28(13-20(29)30)24(34)35-19/h5-8,10,26H,4,9,12-13H2,1-3H3,(H,29,30)/b19-10+. The van der Waals surface area contributed by atoms with Crippen LogP contribution in [0.4, 0.5) is 5.82 Å². The molecule has 0 saturated carbocycles. The van der Waals surface area contributed by atoms with Gasteiger partial charge in [-0.3, -0.25) is 23.9 Å². The Balaban J connectivity index is 2.12. The lowest BCUT2D eigenvalue weighted by molar-refractivity contribution is -0.140. The van der Waals surface area contributed by atoms with Gasteiger partial charge in [0.15, 0.2) is 0 Å². The maximum absolute atomic E-state index is 13.1. The van der Waals surface area contributed by atoms with E-state index in [1.807, 2.05) is 37.3 Å². The number of hydrogen-bond donors (Lipinski definition) is 2. The molecule has 9 nitrogen and oxygen atoms in total. The number of carboxylic acid groups (broad SMARTS) is 1. The van der Waals surface area contributed by atoms with Crippen LogP contribution in [-0.4, -0.2) is 44.4 Å². The number of hydrogen-bond acceptors (Lipinski definition) is 8. The van der Waals surface area contributed by atoms with Crippen LogP contribution >= 0.6 is 24.0 Å². The SMILES string of the molecule is CCCn1c(NCc2ccc(OC)cc2)c(/C=C2/SC(=S)N(CC(=O)O)C2=O)c(C)c(C#N)c1=O. The molecule has 0 bridgehead atoms. The zero-order valence-electron chi connectivity index (χ0n) is 19.5. The molecule has 0 spiro atoms. The van der Waals surface area contributed by atoms with Crippen LogP contribution in [0.5, 0.6) is 5.75 Å². The second-order valence-corrected chi connectivity index (χ2v) is 9.37. The van der Waals surface area contributed by atoms with E-state index in [1.165, 1.54) is 4.57 Å². The molecule has 0 radical (unpaired) electrons. The first kappa shape index (κ1) is 26.0. The zero-order valence-corrected chi connectivity index (χ0v) is 21.1. The summed E-state index contributed by atoms with van der Waals surface area (Å²) in [4.78, 5) is 38.4. The molecule has 2 aromatic rings. The van der Waals surface area contributed by atoms with Gasteiger partial charge in [-0.2, -0.15) is 5.26 Å². The maximum Gasteiger partial charge on any atom is 0.323 e. The fourth-order valence-corrected chi connectivity index (χ4v) is 4.86. The van der Waals surface area contributed by atoms with E-state index < -0.39 is 24.0 Å². The molecule has 1 aromatic heterocycles. The number of rotatable bonds is 9. The van der Waals surface area contributed by atoms with Gasteiger partial charge in [0.25, 0.3) is 11.5 Å². The first-order valence-corrected chi connectivity index (χ1v) is 12.0. The van der Waals surface area contributed by atoms with Gasteiger partial charge in [-0.25, -0.2) is 0 Å². The number of nitrogens with one attached hydrogen (secondary N) is 1. The molecule has 0 atom stereocenters. The molecule has 11 heteroatoms. The summed E-state index contributed by atoms with van der Waals surface area (Å²) in [6.07, 6.45) is 2.21. The summed E-state index contributed by atoms with van der Waals surface area (Å²) in [7, 11) is 1.58. The lowest BCUT2D eigenvalue weighted by atomic mass is 10.0. The molecule has 182 valence electrons. The van der Waals surface area contributed by atoms with Crippen LogP contribution in [0.15, 0.2) is 34.0 Å². The molecular formula is C24H24N4O5S2. The van der Waals surface area contributed by atoms with E-state index in [-0.39, 0.29) is 14.8 Å². The number of carboxylic acids is 1. The number of thiocarbonyl (C=S) groups is 1. The van der Waals surface area contributed by atoms with E-state index in [4.69, 9.17) is 22.1 Å². The van der Waals surface area contributed by atoms with Crippen molar-refractivity contribution in [3.8, 4) is 11.8 Å². The summed E-state index contributed by atoms with van der Waals surface area (Å²) in [5.74, 6) is -0.527. The number of amides is 1. The minimum absolute atomic E-state index is 0.0132. The van der Waals surface area contributed by atoms with Gasteiger partial charge in [-0.15, -0.1) is 0 Å². The highest BCUT2D eigenvalue weighted by molar-refractivity contribution is 8.26. The monoisotopic (exact) mass is 512 g/mol. The average Bonchev–Trinajstić information content (AvgIpc) is 3.09. The van der Waals surface area contributed by atoms with Gasteiger partial charge in [-0.1, -0.05) is 43.0 Å². The second kappa shape index (κ2) is 11.2. The lowest BCUT2D eigenvalue weighted by Gasteiger charge is -2.20. The molecule has 1 fully saturated rings. The Morgan fingerprint density at radius 2 is 2.00 bits per heavy atom. The van der Waals surface area contributed by atoms with Gasteiger partial charge in [-0.05, 0) is 42.7 Å². The van der Waals surface area contributed by atoms with Gasteiger partial charge in [0, 0.05) is 18.7 Å². The number of carbonyl (C=O) groups is 2. The Morgan fingerprint density at radius 3 is 2.57 bits per heavy atom. The van der Waals surface area contributed by atoms with Gasteiger partial charge >= 0.3 is 5.97 Å². The molecule has 2 heterocycles. The number of aliphatic carboxylic acids is 1. The molecular weight excluding hydrogens is 488 g/mol. The van der Waals surface area contributed by atoms with Gasteiger partial charge in [0.05, 0.1) is 12.0 Å². The molecule has 1 amide bonds. The number of pyridine rings is 1. The minimum atomic E-state index is -1.18. The molecule has 0 aliphatic carbocycles. The lowest BCUT2D eigenvalue weighted by Crippen LogP contribution is -2.33. The predicted molar refractivity (Wildman–Crippen MR) is 138 cm³/mol. The fourth-order valence-electron chi connectivity index (χ4n) is 3.62. The largest absolute Gasteiger partial charge is 0.497 e. The number of nitriles is 1. The van der Waals surface area contributed by atoms with E-state index in [1.54, 1.807) is 20.1 Å². The maximum atomic E-state index is 13.1. The van der Waals surface area contributed by atoms with Crippen LogP contribution < -0.4 is 15.6 Å². The van der Waals surface area contributed by atoms with E-state index in [2.05, 4.69) is 5.32 Å². The predicted octanol–water partition coefficient (Wildman–Crippen LogP) is 3.34. The van der Waals surface area contributed by atoms with Crippen LogP contribution in [0.2, 0.25) is 0 Å². The molecule has 0 unspecified atom stereocenters. The van der Waals surface area contributed by atoms with Crippen molar-refractivity contribution in [1.82, 2.24) is 9.47 Å². The van der Waals surface area contributed by atoms with Crippen molar-refractivity contribution in [2.45, 2.75) is 33.4 Å². The van der Waals surface area contributed by atoms with Crippen molar-refractivity contribution < 1.29 is 19.4 Å². The summed E-state index contributed by atoms with van der Waals surface area (Å²) in [6, 6.07) is 9.42. The first-order valence-electron chi connectivity index (χ1n) is 10.7. The molecule has 1 aliphatic rings. The Morgan fingerprint density at radius 1 is 1.31 bits per heavy atom. The molecule has 2 N–H and O–H groups in total. The van der Waals surface area contributed by atoms with Crippen LogP contribution in [0, 0.1) is 18.3 Å². The Hall–Kier alpha value is -3.62. The number of aromatic nitrogens is 1. The van der Waals surface area contributed by atoms with Gasteiger partial charge < -0.3 is 15.2 Å². The highest BCUT2D eigenvalue weighted by Gasteiger charge is 2.34. The van der Waals surface area contributed by atoms with Crippen molar-refractivity contribution in [3.05, 3.63) is 61.8 Å². The van der Waals surface area contributed by atoms with Crippen LogP contribution in [-0.2, 0) is 22.7 Å². The Bertz CT molecular complexity index is 1310. The van der Waals surface area contributed by atoms with Crippen molar-refractivity contribution in [2.75, 3.05) is 19.0 Å². The number of methoxy groups -OCH3 is 1. The van der Waals surface area contributed by atoms with Gasteiger partial charge in [0.2, 0.25) is 0 Å². The molecule has 1 aromatic carbocycles. The van der Waals surface area contributed by atoms with Crippen LogP contribution in [0.1, 0.15) is 35.6 Å². The van der Waals surface area contributed by atoms with Crippen molar-refractivity contribution >= 4 is 52.1 Å². The summed E-state index contributed by atoms with van der Waals surface area (Å²) < 4.78 is 6.83. The number of benzene rings is 1. The Labute approximate surface area is 212 Å².